The standard InChI is InChI=1S/C13H19N3/c1-3-4-5-8-11-13(14)16-10(2)7-6-9-12(16)15-11/h6-7,9H,3-5,8,14H2,1-2H3. The number of fused-ring (bicyclic) bond motifs is 1. The van der Waals surface area contributed by atoms with E-state index in [-0.39, 0.29) is 0 Å². The van der Waals surface area contributed by atoms with Gasteiger partial charge in [-0.2, -0.15) is 0 Å². The van der Waals surface area contributed by atoms with E-state index in [1.807, 2.05) is 16.5 Å². The fraction of sp³-hybridized carbons (Fsp3) is 0.462. The minimum Gasteiger partial charge on any atom is -0.383 e. The van der Waals surface area contributed by atoms with Gasteiger partial charge < -0.3 is 5.73 Å². The molecule has 0 aliphatic carbocycles. The molecule has 0 unspecified atom stereocenters. The van der Waals surface area contributed by atoms with Gasteiger partial charge in [-0.05, 0) is 31.9 Å². The van der Waals surface area contributed by atoms with E-state index in [2.05, 4.69) is 24.9 Å². The summed E-state index contributed by atoms with van der Waals surface area (Å²) in [6, 6.07) is 6.08. The summed E-state index contributed by atoms with van der Waals surface area (Å²) in [6.45, 7) is 4.26. The molecule has 86 valence electrons. The summed E-state index contributed by atoms with van der Waals surface area (Å²) < 4.78 is 2.03. The van der Waals surface area contributed by atoms with E-state index in [0.717, 1.165) is 29.3 Å². The lowest BCUT2D eigenvalue weighted by molar-refractivity contribution is 0.711. The third kappa shape index (κ3) is 1.90. The Morgan fingerprint density at radius 1 is 1.31 bits per heavy atom. The molecule has 3 heteroatoms. The molecule has 2 heterocycles. The molecule has 0 aliphatic rings. The fourth-order valence-electron chi connectivity index (χ4n) is 2.05. The van der Waals surface area contributed by atoms with Crippen molar-refractivity contribution in [2.24, 2.45) is 0 Å². The second-order valence-electron chi connectivity index (χ2n) is 4.26. The Kier molecular flexibility index (Phi) is 3.13. The number of nitrogens with two attached hydrogens (primary N) is 1. The minimum absolute atomic E-state index is 0.809. The average molecular weight is 217 g/mol. The number of hydrogen-bond acceptors (Lipinski definition) is 2. The zero-order valence-corrected chi connectivity index (χ0v) is 10.0. The Labute approximate surface area is 96.3 Å². The molecular weight excluding hydrogens is 198 g/mol. The van der Waals surface area contributed by atoms with Crippen molar-refractivity contribution in [3.8, 4) is 0 Å². The monoisotopic (exact) mass is 217 g/mol. The van der Waals surface area contributed by atoms with Crippen LogP contribution < -0.4 is 5.73 Å². The van der Waals surface area contributed by atoms with Crippen LogP contribution in [-0.2, 0) is 6.42 Å². The zero-order chi connectivity index (χ0) is 11.5. The van der Waals surface area contributed by atoms with E-state index >= 15 is 0 Å². The first kappa shape index (κ1) is 11.0. The number of imidazole rings is 1. The van der Waals surface area contributed by atoms with Gasteiger partial charge in [-0.25, -0.2) is 4.98 Å². The number of pyridine rings is 1. The number of aryl methyl sites for hydroxylation is 2. The molecule has 0 aliphatic heterocycles. The van der Waals surface area contributed by atoms with E-state index in [4.69, 9.17) is 5.73 Å². The van der Waals surface area contributed by atoms with Crippen LogP contribution >= 0.6 is 0 Å². The van der Waals surface area contributed by atoms with Gasteiger partial charge in [0.25, 0.3) is 0 Å². The highest BCUT2D eigenvalue weighted by Gasteiger charge is 2.09. The molecule has 0 atom stereocenters. The minimum atomic E-state index is 0.809. The number of nitrogens with zero attached hydrogens (tertiary/aromatic N) is 2. The molecule has 0 spiro atoms. The SMILES string of the molecule is CCCCCc1nc2cccc(C)n2c1N. The molecule has 0 amide bonds. The van der Waals surface area contributed by atoms with Gasteiger partial charge in [0, 0.05) is 5.69 Å². The van der Waals surface area contributed by atoms with E-state index in [0.29, 0.717) is 0 Å². The Balaban J connectivity index is 2.33. The van der Waals surface area contributed by atoms with E-state index < -0.39 is 0 Å². The first-order valence-corrected chi connectivity index (χ1v) is 5.96. The van der Waals surface area contributed by atoms with Gasteiger partial charge in [0.15, 0.2) is 0 Å². The topological polar surface area (TPSA) is 43.3 Å². The van der Waals surface area contributed by atoms with Gasteiger partial charge >= 0.3 is 0 Å². The molecule has 0 saturated carbocycles. The van der Waals surface area contributed by atoms with Crippen molar-refractivity contribution in [1.82, 2.24) is 9.38 Å². The third-order valence-corrected chi connectivity index (χ3v) is 2.97. The number of hydrogen-bond donors (Lipinski definition) is 1. The molecule has 2 rings (SSSR count). The smallest absolute Gasteiger partial charge is 0.138 e. The van der Waals surface area contributed by atoms with Crippen LogP contribution in [0, 0.1) is 6.92 Å². The lowest BCUT2D eigenvalue weighted by Gasteiger charge is -2.01. The van der Waals surface area contributed by atoms with Gasteiger partial charge in [0.05, 0.1) is 5.69 Å². The zero-order valence-electron chi connectivity index (χ0n) is 10.0. The molecule has 0 radical (unpaired) electrons. The summed E-state index contributed by atoms with van der Waals surface area (Å²) in [5.74, 6) is 0.809. The van der Waals surface area contributed by atoms with Crippen LogP contribution in [0.4, 0.5) is 5.82 Å². The van der Waals surface area contributed by atoms with Crippen LogP contribution in [0.25, 0.3) is 5.65 Å². The highest BCUT2D eigenvalue weighted by Crippen LogP contribution is 2.19. The second-order valence-corrected chi connectivity index (χ2v) is 4.26. The molecule has 2 aromatic rings. The number of nitrogen functional groups attached to an aromatic ring is 1. The van der Waals surface area contributed by atoms with Gasteiger partial charge in [-0.15, -0.1) is 0 Å². The highest BCUT2D eigenvalue weighted by atomic mass is 15.1. The molecule has 16 heavy (non-hydrogen) atoms. The number of anilines is 1. The van der Waals surface area contributed by atoms with Crippen LogP contribution in [0.1, 0.15) is 37.6 Å². The molecule has 2 N–H and O–H groups in total. The Morgan fingerprint density at radius 3 is 2.81 bits per heavy atom. The first-order valence-electron chi connectivity index (χ1n) is 5.96. The largest absolute Gasteiger partial charge is 0.383 e. The normalized spacial score (nSPS) is 11.1. The Bertz CT molecular complexity index is 485. The maximum atomic E-state index is 6.12. The maximum Gasteiger partial charge on any atom is 0.138 e. The maximum absolute atomic E-state index is 6.12. The highest BCUT2D eigenvalue weighted by molar-refractivity contribution is 5.54. The summed E-state index contributed by atoms with van der Waals surface area (Å²) in [5.41, 5.74) is 9.27. The molecule has 0 bridgehead atoms. The van der Waals surface area contributed by atoms with Gasteiger partial charge in [0.1, 0.15) is 11.5 Å². The fourth-order valence-corrected chi connectivity index (χ4v) is 2.05. The summed E-state index contributed by atoms with van der Waals surface area (Å²) in [7, 11) is 0. The van der Waals surface area contributed by atoms with Crippen molar-refractivity contribution in [2.75, 3.05) is 5.73 Å². The second kappa shape index (κ2) is 4.56. The third-order valence-electron chi connectivity index (χ3n) is 2.97. The Morgan fingerprint density at radius 2 is 2.12 bits per heavy atom. The van der Waals surface area contributed by atoms with Crippen molar-refractivity contribution in [3.05, 3.63) is 29.6 Å². The number of rotatable bonds is 4. The summed E-state index contributed by atoms with van der Waals surface area (Å²) in [4.78, 5) is 4.58. The van der Waals surface area contributed by atoms with Crippen molar-refractivity contribution in [3.63, 3.8) is 0 Å². The lowest BCUT2D eigenvalue weighted by Crippen LogP contribution is -1.99. The van der Waals surface area contributed by atoms with E-state index in [1.165, 1.54) is 19.3 Å². The number of unbranched alkanes of at least 4 members (excludes halogenated alkanes) is 2. The predicted molar refractivity (Wildman–Crippen MR) is 67.6 cm³/mol. The quantitative estimate of drug-likeness (QED) is 0.800. The lowest BCUT2D eigenvalue weighted by atomic mass is 10.1. The van der Waals surface area contributed by atoms with Crippen LogP contribution in [0.3, 0.4) is 0 Å². The van der Waals surface area contributed by atoms with Crippen molar-refractivity contribution < 1.29 is 0 Å². The molecular formula is C13H19N3. The van der Waals surface area contributed by atoms with Gasteiger partial charge in [-0.3, -0.25) is 4.40 Å². The molecule has 2 aromatic heterocycles. The molecule has 0 saturated heterocycles. The first-order chi connectivity index (χ1) is 7.74. The van der Waals surface area contributed by atoms with Crippen LogP contribution in [-0.4, -0.2) is 9.38 Å². The van der Waals surface area contributed by atoms with Crippen LogP contribution in [0.5, 0.6) is 0 Å². The average Bonchev–Trinajstić information content (AvgIpc) is 2.58. The van der Waals surface area contributed by atoms with Crippen LogP contribution in [0.2, 0.25) is 0 Å². The van der Waals surface area contributed by atoms with Crippen molar-refractivity contribution in [1.29, 1.82) is 0 Å². The van der Waals surface area contributed by atoms with E-state index in [9.17, 15) is 0 Å². The molecule has 3 nitrogen and oxygen atoms in total. The van der Waals surface area contributed by atoms with Crippen LogP contribution in [0.15, 0.2) is 18.2 Å². The van der Waals surface area contributed by atoms with Crippen molar-refractivity contribution in [2.45, 2.75) is 39.5 Å². The predicted octanol–water partition coefficient (Wildman–Crippen LogP) is 2.96. The number of aromatic nitrogens is 2. The summed E-state index contributed by atoms with van der Waals surface area (Å²) >= 11 is 0. The molecule has 0 fully saturated rings. The van der Waals surface area contributed by atoms with Crippen molar-refractivity contribution >= 4 is 11.5 Å². The summed E-state index contributed by atoms with van der Waals surface area (Å²) in [5, 5.41) is 0. The van der Waals surface area contributed by atoms with Gasteiger partial charge in [0.2, 0.25) is 0 Å². The Hall–Kier alpha value is -1.51. The molecule has 0 aromatic carbocycles. The van der Waals surface area contributed by atoms with E-state index in [1.54, 1.807) is 0 Å². The van der Waals surface area contributed by atoms with Gasteiger partial charge in [-0.1, -0.05) is 25.8 Å². The summed E-state index contributed by atoms with van der Waals surface area (Å²) in [6.07, 6.45) is 4.63.